The minimum Gasteiger partial charge on any atom is -0.469 e. The van der Waals surface area contributed by atoms with Gasteiger partial charge in [-0.25, -0.2) is 0 Å². The van der Waals surface area contributed by atoms with E-state index in [1.807, 2.05) is 0 Å². The maximum absolute atomic E-state index is 12.2. The van der Waals surface area contributed by atoms with Crippen molar-refractivity contribution >= 4 is 5.97 Å². The van der Waals surface area contributed by atoms with Gasteiger partial charge in [-0.1, -0.05) is 0 Å². The summed E-state index contributed by atoms with van der Waals surface area (Å²) in [5.74, 6) is -0.892. The van der Waals surface area contributed by atoms with Gasteiger partial charge in [0, 0.05) is 6.54 Å². The Kier molecular flexibility index (Phi) is 3.36. The minimum absolute atomic E-state index is 0.0385. The van der Waals surface area contributed by atoms with E-state index < -0.39 is 24.1 Å². The van der Waals surface area contributed by atoms with Crippen LogP contribution in [0.3, 0.4) is 0 Å². The molecule has 0 unspecified atom stereocenters. The molecule has 0 aliphatic carbocycles. The molecule has 1 rings (SSSR count). The van der Waals surface area contributed by atoms with Crippen molar-refractivity contribution in [2.45, 2.75) is 25.1 Å². The van der Waals surface area contributed by atoms with Crippen LogP contribution in [0.5, 0.6) is 0 Å². The van der Waals surface area contributed by atoms with Crippen molar-refractivity contribution in [1.82, 2.24) is 5.32 Å². The van der Waals surface area contributed by atoms with Gasteiger partial charge in [-0.3, -0.25) is 4.79 Å². The highest BCUT2D eigenvalue weighted by Gasteiger charge is 2.42. The van der Waals surface area contributed by atoms with Crippen LogP contribution in [0.25, 0.3) is 0 Å². The molecule has 0 radical (unpaired) electrons. The van der Waals surface area contributed by atoms with Gasteiger partial charge in [-0.05, 0) is 12.8 Å². The smallest absolute Gasteiger partial charge is 0.403 e. The molecule has 1 aliphatic rings. The van der Waals surface area contributed by atoms with E-state index >= 15 is 0 Å². The number of hydrogen-bond donors (Lipinski definition) is 1. The van der Waals surface area contributed by atoms with Crippen LogP contribution in [-0.4, -0.2) is 31.8 Å². The maximum Gasteiger partial charge on any atom is 0.403 e. The number of nitrogens with one attached hydrogen (secondary N) is 1. The molecule has 2 atom stereocenters. The van der Waals surface area contributed by atoms with Gasteiger partial charge in [-0.15, -0.1) is 0 Å². The lowest BCUT2D eigenvalue weighted by atomic mass is 9.94. The molecule has 0 bridgehead atoms. The second-order valence-corrected chi connectivity index (χ2v) is 3.30. The molecule has 1 saturated heterocycles. The van der Waals surface area contributed by atoms with Crippen molar-refractivity contribution in [3.05, 3.63) is 0 Å². The lowest BCUT2D eigenvalue weighted by Gasteiger charge is -2.29. The van der Waals surface area contributed by atoms with Crippen LogP contribution in [0.2, 0.25) is 0 Å². The lowest BCUT2D eigenvalue weighted by Crippen LogP contribution is -2.49. The van der Waals surface area contributed by atoms with E-state index in [0.717, 1.165) is 0 Å². The number of piperidine rings is 1. The quantitative estimate of drug-likeness (QED) is 0.660. The molecule has 14 heavy (non-hydrogen) atoms. The molecule has 1 N–H and O–H groups in total. The maximum atomic E-state index is 12.2. The van der Waals surface area contributed by atoms with Crippen LogP contribution in [0.4, 0.5) is 13.2 Å². The Morgan fingerprint density at radius 3 is 2.43 bits per heavy atom. The summed E-state index contributed by atoms with van der Waals surface area (Å²) in [5, 5.41) is 2.30. The van der Waals surface area contributed by atoms with Gasteiger partial charge in [0.15, 0.2) is 0 Å². The number of carbonyl (C=O) groups excluding carboxylic acids is 1. The van der Waals surface area contributed by atoms with E-state index in [2.05, 4.69) is 10.1 Å². The number of halogens is 3. The van der Waals surface area contributed by atoms with Gasteiger partial charge in [0.1, 0.15) is 6.04 Å². The highest BCUT2D eigenvalue weighted by atomic mass is 19.4. The van der Waals surface area contributed by atoms with E-state index in [4.69, 9.17) is 0 Å². The predicted octanol–water partition coefficient (Wildman–Crippen LogP) is 1.09. The van der Waals surface area contributed by atoms with Crippen molar-refractivity contribution in [2.75, 3.05) is 13.7 Å². The van der Waals surface area contributed by atoms with Crippen molar-refractivity contribution < 1.29 is 22.7 Å². The Morgan fingerprint density at radius 2 is 2.07 bits per heavy atom. The second-order valence-electron chi connectivity index (χ2n) is 3.30. The predicted molar refractivity (Wildman–Crippen MR) is 42.6 cm³/mol. The van der Waals surface area contributed by atoms with Gasteiger partial charge in [0.25, 0.3) is 0 Å². The zero-order valence-corrected chi connectivity index (χ0v) is 7.73. The zero-order valence-electron chi connectivity index (χ0n) is 7.73. The summed E-state index contributed by atoms with van der Waals surface area (Å²) >= 11 is 0. The van der Waals surface area contributed by atoms with Gasteiger partial charge in [0.2, 0.25) is 0 Å². The third-order valence-electron chi connectivity index (χ3n) is 2.34. The summed E-state index contributed by atoms with van der Waals surface area (Å²) in [7, 11) is 1.23. The first kappa shape index (κ1) is 11.3. The molecule has 3 nitrogen and oxygen atoms in total. The average Bonchev–Trinajstić information content (AvgIpc) is 2.15. The van der Waals surface area contributed by atoms with Crippen molar-refractivity contribution in [3.8, 4) is 0 Å². The van der Waals surface area contributed by atoms with Crippen molar-refractivity contribution in [1.29, 1.82) is 0 Å². The van der Waals surface area contributed by atoms with Gasteiger partial charge < -0.3 is 10.1 Å². The summed E-state index contributed by atoms with van der Waals surface area (Å²) in [5.41, 5.74) is 0. The fraction of sp³-hybridized carbons (Fsp3) is 0.875. The van der Waals surface area contributed by atoms with E-state index in [1.54, 1.807) is 0 Å². The SMILES string of the molecule is COC(=O)[C@@H]1CC[C@H](C(F)(F)F)NC1. The molecule has 1 fully saturated rings. The summed E-state index contributed by atoms with van der Waals surface area (Å²) in [6, 6.07) is -1.48. The highest BCUT2D eigenvalue weighted by molar-refractivity contribution is 5.72. The number of esters is 1. The number of methoxy groups -OCH3 is 1. The van der Waals surface area contributed by atoms with Crippen molar-refractivity contribution in [2.24, 2.45) is 5.92 Å². The Bertz CT molecular complexity index is 209. The summed E-state index contributed by atoms with van der Waals surface area (Å²) in [6.45, 7) is 0.0385. The Labute approximate surface area is 79.6 Å². The van der Waals surface area contributed by atoms with Crippen molar-refractivity contribution in [3.63, 3.8) is 0 Å². The number of alkyl halides is 3. The molecular formula is C8H12F3NO2. The molecule has 0 spiro atoms. The monoisotopic (exact) mass is 211 g/mol. The standard InChI is InChI=1S/C8H12F3NO2/c1-14-7(13)5-2-3-6(12-4-5)8(9,10)11/h5-6,12H,2-4H2,1H3/t5-,6-/m1/s1. The topological polar surface area (TPSA) is 38.3 Å². The summed E-state index contributed by atoms with van der Waals surface area (Å²) < 4.78 is 41.0. The van der Waals surface area contributed by atoms with Crippen LogP contribution < -0.4 is 5.32 Å². The first-order valence-corrected chi connectivity index (χ1v) is 4.33. The molecule has 0 amide bonds. The molecule has 1 aliphatic heterocycles. The Hall–Kier alpha value is -0.780. The number of carbonyl (C=O) groups is 1. The van der Waals surface area contributed by atoms with Gasteiger partial charge in [0.05, 0.1) is 13.0 Å². The fourth-order valence-corrected chi connectivity index (χ4v) is 1.50. The minimum atomic E-state index is -4.22. The van der Waals surface area contributed by atoms with Gasteiger partial charge >= 0.3 is 12.1 Å². The molecular weight excluding hydrogens is 199 g/mol. The molecule has 0 aromatic heterocycles. The highest BCUT2D eigenvalue weighted by Crippen LogP contribution is 2.28. The van der Waals surface area contributed by atoms with Crippen LogP contribution >= 0.6 is 0 Å². The summed E-state index contributed by atoms with van der Waals surface area (Å²) in [6.07, 6.45) is -4.06. The Balaban J connectivity index is 2.43. The number of ether oxygens (including phenoxy) is 1. The van der Waals surface area contributed by atoms with Crippen LogP contribution in [0.1, 0.15) is 12.8 Å². The fourth-order valence-electron chi connectivity index (χ4n) is 1.50. The zero-order chi connectivity index (χ0) is 10.8. The van der Waals surface area contributed by atoms with Crippen LogP contribution in [0.15, 0.2) is 0 Å². The molecule has 0 aromatic carbocycles. The van der Waals surface area contributed by atoms with Crippen LogP contribution in [-0.2, 0) is 9.53 Å². The number of hydrogen-bond acceptors (Lipinski definition) is 3. The van der Waals surface area contributed by atoms with E-state index in [9.17, 15) is 18.0 Å². The third kappa shape index (κ3) is 2.60. The van der Waals surface area contributed by atoms with Crippen LogP contribution in [0, 0.1) is 5.92 Å². The van der Waals surface area contributed by atoms with E-state index in [0.29, 0.717) is 0 Å². The largest absolute Gasteiger partial charge is 0.469 e. The third-order valence-corrected chi connectivity index (χ3v) is 2.34. The second kappa shape index (κ2) is 4.16. The lowest BCUT2D eigenvalue weighted by molar-refractivity contribution is -0.167. The number of rotatable bonds is 1. The average molecular weight is 211 g/mol. The van der Waals surface area contributed by atoms with E-state index in [-0.39, 0.29) is 19.4 Å². The first-order valence-electron chi connectivity index (χ1n) is 4.33. The Morgan fingerprint density at radius 1 is 1.43 bits per heavy atom. The normalized spacial score (nSPS) is 28.6. The summed E-state index contributed by atoms with van der Waals surface area (Å²) in [4.78, 5) is 11.0. The molecule has 6 heteroatoms. The molecule has 0 saturated carbocycles. The first-order chi connectivity index (χ1) is 6.45. The molecule has 0 aromatic rings. The van der Waals surface area contributed by atoms with Gasteiger partial charge in [-0.2, -0.15) is 13.2 Å². The molecule has 82 valence electrons. The molecule has 1 heterocycles. The van der Waals surface area contributed by atoms with E-state index in [1.165, 1.54) is 7.11 Å².